The molecule has 2 aliphatic rings. The molecular weight excluding hydrogens is 270 g/mol. The minimum absolute atomic E-state index is 0.0566. The summed E-state index contributed by atoms with van der Waals surface area (Å²) in [6, 6.07) is 2.22. The van der Waals surface area contributed by atoms with Gasteiger partial charge in [0.15, 0.2) is 0 Å². The molecule has 0 radical (unpaired) electrons. The number of aromatic nitrogens is 2. The molecule has 2 heterocycles. The maximum absolute atomic E-state index is 12.0. The Morgan fingerprint density at radius 3 is 2.81 bits per heavy atom. The van der Waals surface area contributed by atoms with Gasteiger partial charge in [0.25, 0.3) is 0 Å². The van der Waals surface area contributed by atoms with Crippen molar-refractivity contribution >= 4 is 12.0 Å². The Labute approximate surface area is 124 Å². The molecule has 0 bridgehead atoms. The number of anilines is 1. The molecule has 1 aliphatic carbocycles. The van der Waals surface area contributed by atoms with Crippen molar-refractivity contribution in [3.8, 4) is 5.88 Å². The zero-order valence-electron chi connectivity index (χ0n) is 12.3. The Morgan fingerprint density at radius 1 is 1.38 bits per heavy atom. The maximum Gasteiger partial charge on any atom is 0.317 e. The van der Waals surface area contributed by atoms with Crippen molar-refractivity contribution in [3.05, 3.63) is 12.3 Å². The highest BCUT2D eigenvalue weighted by Crippen LogP contribution is 2.19. The van der Waals surface area contributed by atoms with Crippen molar-refractivity contribution in [1.82, 2.24) is 20.2 Å². The van der Waals surface area contributed by atoms with Crippen LogP contribution in [-0.2, 0) is 0 Å². The average molecular weight is 291 g/mol. The minimum atomic E-state index is 0.0566. The lowest BCUT2D eigenvalue weighted by molar-refractivity contribution is 0.193. The lowest BCUT2D eigenvalue weighted by Gasteiger charge is -2.34. The highest BCUT2D eigenvalue weighted by atomic mass is 16.5. The maximum atomic E-state index is 12.0. The Hall–Kier alpha value is -2.05. The first kappa shape index (κ1) is 13.9. The molecule has 7 heteroatoms. The Kier molecular flexibility index (Phi) is 4.08. The van der Waals surface area contributed by atoms with Crippen LogP contribution in [0.5, 0.6) is 5.88 Å². The van der Waals surface area contributed by atoms with Crippen LogP contribution in [0.15, 0.2) is 12.3 Å². The van der Waals surface area contributed by atoms with Gasteiger partial charge in [-0.05, 0) is 19.8 Å². The van der Waals surface area contributed by atoms with Gasteiger partial charge in [-0.2, -0.15) is 4.98 Å². The van der Waals surface area contributed by atoms with E-state index in [4.69, 9.17) is 4.74 Å². The number of hydrogen-bond donors (Lipinski definition) is 1. The van der Waals surface area contributed by atoms with Gasteiger partial charge in [0.05, 0.1) is 6.61 Å². The number of hydrogen-bond acceptors (Lipinski definition) is 5. The summed E-state index contributed by atoms with van der Waals surface area (Å²) in [6.07, 6.45) is 3.94. The molecule has 1 aliphatic heterocycles. The topological polar surface area (TPSA) is 70.6 Å². The lowest BCUT2D eigenvalue weighted by atomic mass is 10.3. The Bertz CT molecular complexity index is 498. The first-order chi connectivity index (χ1) is 10.3. The first-order valence-electron chi connectivity index (χ1n) is 7.52. The zero-order valence-corrected chi connectivity index (χ0v) is 12.3. The SMILES string of the molecule is CCOc1ccnc(N2CCN(C(=O)NC3CC3)CC2)n1. The predicted octanol–water partition coefficient (Wildman–Crippen LogP) is 0.869. The van der Waals surface area contributed by atoms with Crippen LogP contribution in [0.25, 0.3) is 0 Å². The lowest BCUT2D eigenvalue weighted by Crippen LogP contribution is -2.52. The van der Waals surface area contributed by atoms with Crippen molar-refractivity contribution in [3.63, 3.8) is 0 Å². The van der Waals surface area contributed by atoms with E-state index < -0.39 is 0 Å². The largest absolute Gasteiger partial charge is 0.478 e. The molecular formula is C14H21N5O2. The summed E-state index contributed by atoms with van der Waals surface area (Å²) in [5.74, 6) is 1.26. The number of nitrogens with one attached hydrogen (secondary N) is 1. The van der Waals surface area contributed by atoms with Crippen LogP contribution in [0.1, 0.15) is 19.8 Å². The molecule has 3 rings (SSSR count). The number of carbonyl (C=O) groups is 1. The fourth-order valence-corrected chi connectivity index (χ4v) is 2.32. The normalized spacial score (nSPS) is 18.5. The third-order valence-electron chi connectivity index (χ3n) is 3.66. The molecule has 1 N–H and O–H groups in total. The van der Waals surface area contributed by atoms with Gasteiger partial charge in [0.2, 0.25) is 11.8 Å². The van der Waals surface area contributed by atoms with Gasteiger partial charge in [0, 0.05) is 44.5 Å². The number of rotatable bonds is 4. The summed E-state index contributed by atoms with van der Waals surface area (Å²) < 4.78 is 5.40. The third-order valence-corrected chi connectivity index (χ3v) is 3.66. The van der Waals surface area contributed by atoms with E-state index >= 15 is 0 Å². The molecule has 1 saturated heterocycles. The zero-order chi connectivity index (χ0) is 14.7. The van der Waals surface area contributed by atoms with Gasteiger partial charge in [-0.25, -0.2) is 9.78 Å². The average Bonchev–Trinajstić information content (AvgIpc) is 3.32. The summed E-state index contributed by atoms with van der Waals surface area (Å²) in [5.41, 5.74) is 0. The molecule has 2 fully saturated rings. The minimum Gasteiger partial charge on any atom is -0.478 e. The van der Waals surface area contributed by atoms with Crippen molar-refractivity contribution in [2.24, 2.45) is 0 Å². The molecule has 114 valence electrons. The molecule has 2 amide bonds. The van der Waals surface area contributed by atoms with E-state index in [-0.39, 0.29) is 6.03 Å². The van der Waals surface area contributed by atoms with E-state index in [1.807, 2.05) is 11.8 Å². The monoisotopic (exact) mass is 291 g/mol. The van der Waals surface area contributed by atoms with Crippen molar-refractivity contribution in [1.29, 1.82) is 0 Å². The molecule has 21 heavy (non-hydrogen) atoms. The van der Waals surface area contributed by atoms with Gasteiger partial charge in [-0.15, -0.1) is 0 Å². The van der Waals surface area contributed by atoms with Gasteiger partial charge in [-0.3, -0.25) is 0 Å². The molecule has 7 nitrogen and oxygen atoms in total. The van der Waals surface area contributed by atoms with E-state index in [9.17, 15) is 4.79 Å². The van der Waals surface area contributed by atoms with Gasteiger partial charge in [0.1, 0.15) is 0 Å². The second-order valence-corrected chi connectivity index (χ2v) is 5.33. The number of piperazine rings is 1. The van der Waals surface area contributed by atoms with Crippen LogP contribution in [0.4, 0.5) is 10.7 Å². The third kappa shape index (κ3) is 3.53. The van der Waals surface area contributed by atoms with Crippen LogP contribution < -0.4 is 15.0 Å². The molecule has 1 saturated carbocycles. The van der Waals surface area contributed by atoms with Crippen LogP contribution in [-0.4, -0.2) is 59.7 Å². The van der Waals surface area contributed by atoms with E-state index in [1.54, 1.807) is 12.3 Å². The second-order valence-electron chi connectivity index (χ2n) is 5.33. The first-order valence-corrected chi connectivity index (χ1v) is 7.52. The fraction of sp³-hybridized carbons (Fsp3) is 0.643. The molecule has 1 aromatic heterocycles. The molecule has 1 aromatic rings. The highest BCUT2D eigenvalue weighted by molar-refractivity contribution is 5.75. The summed E-state index contributed by atoms with van der Waals surface area (Å²) in [5, 5.41) is 3.02. The van der Waals surface area contributed by atoms with Crippen LogP contribution in [0, 0.1) is 0 Å². The Balaban J connectivity index is 1.54. The molecule has 0 spiro atoms. The van der Waals surface area contributed by atoms with Crippen molar-refractivity contribution in [2.45, 2.75) is 25.8 Å². The standard InChI is InChI=1S/C14H21N5O2/c1-2-21-12-5-6-15-13(17-12)18-7-9-19(10-8-18)14(20)16-11-3-4-11/h5-6,11H,2-4,7-10H2,1H3,(H,16,20). The summed E-state index contributed by atoms with van der Waals surface area (Å²) in [7, 11) is 0. The molecule has 0 atom stereocenters. The van der Waals surface area contributed by atoms with E-state index in [0.717, 1.165) is 25.9 Å². The summed E-state index contributed by atoms with van der Waals surface area (Å²) >= 11 is 0. The second kappa shape index (κ2) is 6.15. The summed E-state index contributed by atoms with van der Waals surface area (Å²) in [6.45, 7) is 5.40. The number of amides is 2. The summed E-state index contributed by atoms with van der Waals surface area (Å²) in [4.78, 5) is 24.6. The van der Waals surface area contributed by atoms with E-state index in [1.165, 1.54) is 0 Å². The number of nitrogens with zero attached hydrogens (tertiary/aromatic N) is 4. The Morgan fingerprint density at radius 2 is 2.14 bits per heavy atom. The quantitative estimate of drug-likeness (QED) is 0.891. The molecule has 0 aromatic carbocycles. The number of urea groups is 1. The van der Waals surface area contributed by atoms with Crippen molar-refractivity contribution < 1.29 is 9.53 Å². The number of ether oxygens (including phenoxy) is 1. The van der Waals surface area contributed by atoms with Gasteiger partial charge >= 0.3 is 6.03 Å². The molecule has 0 unspecified atom stereocenters. The van der Waals surface area contributed by atoms with Crippen LogP contribution in [0.3, 0.4) is 0 Å². The number of carbonyl (C=O) groups excluding carboxylic acids is 1. The van der Waals surface area contributed by atoms with Gasteiger partial charge < -0.3 is 19.9 Å². The smallest absolute Gasteiger partial charge is 0.317 e. The van der Waals surface area contributed by atoms with Gasteiger partial charge in [-0.1, -0.05) is 0 Å². The highest BCUT2D eigenvalue weighted by Gasteiger charge is 2.28. The van der Waals surface area contributed by atoms with Crippen LogP contribution in [0.2, 0.25) is 0 Å². The fourth-order valence-electron chi connectivity index (χ4n) is 2.32. The van der Waals surface area contributed by atoms with Crippen molar-refractivity contribution in [2.75, 3.05) is 37.7 Å². The predicted molar refractivity (Wildman–Crippen MR) is 78.5 cm³/mol. The van der Waals surface area contributed by atoms with Crippen LogP contribution >= 0.6 is 0 Å². The van der Waals surface area contributed by atoms with E-state index in [0.29, 0.717) is 37.6 Å². The van der Waals surface area contributed by atoms with E-state index in [2.05, 4.69) is 20.2 Å².